The molecule has 6 heteroatoms. The monoisotopic (exact) mass is 308 g/mol. The van der Waals surface area contributed by atoms with E-state index >= 15 is 0 Å². The predicted molar refractivity (Wildman–Crippen MR) is 75.0 cm³/mol. The molecular weight excluding hydrogens is 282 g/mol. The van der Waals surface area contributed by atoms with Crippen molar-refractivity contribution in [2.45, 2.75) is 71.1 Å². The Kier molecular flexibility index (Phi) is 18.0. The summed E-state index contributed by atoms with van der Waals surface area (Å²) < 4.78 is 35.9. The summed E-state index contributed by atoms with van der Waals surface area (Å²) in [6.45, 7) is 2.18. The van der Waals surface area contributed by atoms with Crippen molar-refractivity contribution < 1.29 is 16.5 Å². The van der Waals surface area contributed by atoms with Crippen molar-refractivity contribution in [3.63, 3.8) is 0 Å². The molecule has 0 saturated carbocycles. The molecule has 0 atom stereocenters. The molecule has 3 nitrogen and oxygen atoms in total. The van der Waals surface area contributed by atoms with Crippen LogP contribution in [0.5, 0.6) is 0 Å². The number of unbranched alkanes of at least 4 members (excludes halogenated alkanes) is 9. The molecule has 0 N–H and O–H groups in total. The molecule has 106 valence electrons. The first kappa shape index (κ1) is 21.8. The first-order chi connectivity index (χ1) is 8.06. The zero-order valence-electron chi connectivity index (χ0n) is 10.8. The summed E-state index contributed by atoms with van der Waals surface area (Å²) in [5, 5.41) is 0. The average molecular weight is 308 g/mol. The molecule has 18 heavy (non-hydrogen) atoms. The second-order valence-electron chi connectivity index (χ2n) is 4.40. The zero-order chi connectivity index (χ0) is 13.0. The molecule has 0 heterocycles. The van der Waals surface area contributed by atoms with Gasteiger partial charge in [0, 0.05) is 0 Å². The molecule has 0 aromatic heterocycles. The van der Waals surface area contributed by atoms with Gasteiger partial charge in [0.25, 0.3) is 0 Å². The van der Waals surface area contributed by atoms with Crippen molar-refractivity contribution >= 4 is 61.9 Å². The summed E-state index contributed by atoms with van der Waals surface area (Å²) >= 11 is 0. The first-order valence-corrected chi connectivity index (χ1v) is 7.96. The van der Waals surface area contributed by atoms with E-state index in [1.165, 1.54) is 44.9 Å². The van der Waals surface area contributed by atoms with Gasteiger partial charge in [0.1, 0.15) is 0 Å². The molecular formula is C12H26FKO3S. The summed E-state index contributed by atoms with van der Waals surface area (Å²) in [7, 11) is -4.73. The molecule has 0 spiro atoms. The van der Waals surface area contributed by atoms with Gasteiger partial charge in [-0.2, -0.15) is 8.42 Å². The van der Waals surface area contributed by atoms with Crippen LogP contribution in [0.1, 0.15) is 71.1 Å². The van der Waals surface area contributed by atoms with Gasteiger partial charge >= 0.3 is 61.9 Å². The van der Waals surface area contributed by atoms with E-state index in [0.717, 1.165) is 12.8 Å². The van der Waals surface area contributed by atoms with Crippen molar-refractivity contribution in [3.8, 4) is 0 Å². The number of hydrogen-bond acceptors (Lipinski definition) is 3. The van der Waals surface area contributed by atoms with Gasteiger partial charge < -0.3 is 0 Å². The fourth-order valence-electron chi connectivity index (χ4n) is 1.75. The SMILES string of the molecule is CCCCCCCCCCCCOS(=O)(=O)F.[KH]. The Morgan fingerprint density at radius 2 is 1.22 bits per heavy atom. The van der Waals surface area contributed by atoms with Crippen LogP contribution in [0.25, 0.3) is 0 Å². The summed E-state index contributed by atoms with van der Waals surface area (Å²) in [6.07, 6.45) is 11.5. The van der Waals surface area contributed by atoms with Crippen LogP contribution >= 0.6 is 0 Å². The summed E-state index contributed by atoms with van der Waals surface area (Å²) in [6, 6.07) is 0. The third-order valence-corrected chi connectivity index (χ3v) is 3.17. The van der Waals surface area contributed by atoms with Gasteiger partial charge in [-0.1, -0.05) is 68.6 Å². The van der Waals surface area contributed by atoms with Crippen LogP contribution in [0.3, 0.4) is 0 Å². The van der Waals surface area contributed by atoms with Crippen LogP contribution in [-0.4, -0.2) is 66.4 Å². The molecule has 0 unspecified atom stereocenters. The molecule has 0 aromatic carbocycles. The van der Waals surface area contributed by atoms with Crippen LogP contribution in [0, 0.1) is 0 Å². The molecule has 0 aromatic rings. The van der Waals surface area contributed by atoms with Gasteiger partial charge in [0.05, 0.1) is 6.61 Å². The second-order valence-corrected chi connectivity index (χ2v) is 5.42. The summed E-state index contributed by atoms with van der Waals surface area (Å²) in [5.74, 6) is 0. The Balaban J connectivity index is 0. The fraction of sp³-hybridized carbons (Fsp3) is 1.00. The third kappa shape index (κ3) is 19.8. The summed E-state index contributed by atoms with van der Waals surface area (Å²) in [5.41, 5.74) is 0. The normalized spacial score (nSPS) is 11.2. The fourth-order valence-corrected chi connectivity index (χ4v) is 2.06. The van der Waals surface area contributed by atoms with Gasteiger partial charge in [-0.15, -0.1) is 0 Å². The second kappa shape index (κ2) is 14.9. The zero-order valence-corrected chi connectivity index (χ0v) is 11.6. The first-order valence-electron chi connectivity index (χ1n) is 6.65. The van der Waals surface area contributed by atoms with Gasteiger partial charge in [0.15, 0.2) is 0 Å². The number of hydrogen-bond donors (Lipinski definition) is 0. The minimum atomic E-state index is -4.73. The third-order valence-electron chi connectivity index (χ3n) is 2.72. The van der Waals surface area contributed by atoms with E-state index < -0.39 is 10.5 Å². The van der Waals surface area contributed by atoms with Gasteiger partial charge in [-0.05, 0) is 6.42 Å². The van der Waals surface area contributed by atoms with E-state index in [9.17, 15) is 12.3 Å². The maximum absolute atomic E-state index is 11.9. The molecule has 0 aliphatic heterocycles. The maximum atomic E-state index is 11.9. The topological polar surface area (TPSA) is 43.4 Å². The van der Waals surface area contributed by atoms with Crippen molar-refractivity contribution in [2.24, 2.45) is 0 Å². The van der Waals surface area contributed by atoms with E-state index in [-0.39, 0.29) is 58.0 Å². The molecule has 0 fully saturated rings. The predicted octanol–water partition coefficient (Wildman–Crippen LogP) is 3.49. The molecule has 0 rings (SSSR count). The van der Waals surface area contributed by atoms with E-state index in [0.29, 0.717) is 6.42 Å². The van der Waals surface area contributed by atoms with Crippen LogP contribution in [-0.2, 0) is 14.7 Å². The van der Waals surface area contributed by atoms with E-state index in [2.05, 4.69) is 11.1 Å². The van der Waals surface area contributed by atoms with E-state index in [4.69, 9.17) is 0 Å². The van der Waals surface area contributed by atoms with Gasteiger partial charge in [0.2, 0.25) is 0 Å². The average Bonchev–Trinajstić information content (AvgIpc) is 2.24. The Labute approximate surface area is 154 Å². The van der Waals surface area contributed by atoms with Crippen molar-refractivity contribution in [1.82, 2.24) is 0 Å². The van der Waals surface area contributed by atoms with Crippen LogP contribution < -0.4 is 0 Å². The van der Waals surface area contributed by atoms with E-state index in [1.54, 1.807) is 0 Å². The van der Waals surface area contributed by atoms with Crippen LogP contribution in [0.15, 0.2) is 0 Å². The van der Waals surface area contributed by atoms with Gasteiger partial charge in [-0.25, -0.2) is 4.18 Å². The standard InChI is InChI=1S/C12H25FO3S.K.H/c1-2-3-4-5-6-7-8-9-10-11-12-16-17(13,14)15;;/h2-12H2,1H3;;. The quantitative estimate of drug-likeness (QED) is 0.315. The summed E-state index contributed by atoms with van der Waals surface area (Å²) in [4.78, 5) is 0. The van der Waals surface area contributed by atoms with Crippen molar-refractivity contribution in [3.05, 3.63) is 0 Å². The van der Waals surface area contributed by atoms with Crippen LogP contribution in [0.4, 0.5) is 3.89 Å². The van der Waals surface area contributed by atoms with Crippen LogP contribution in [0.2, 0.25) is 0 Å². The number of rotatable bonds is 12. The Bertz CT molecular complexity index is 258. The van der Waals surface area contributed by atoms with Crippen molar-refractivity contribution in [1.29, 1.82) is 0 Å². The minimum absolute atomic E-state index is 0. The number of halogens is 1. The molecule has 0 saturated heterocycles. The molecule has 0 amide bonds. The Hall–Kier alpha value is 1.48. The Morgan fingerprint density at radius 3 is 1.61 bits per heavy atom. The molecule has 0 bridgehead atoms. The molecule has 0 radical (unpaired) electrons. The van der Waals surface area contributed by atoms with Crippen molar-refractivity contribution in [2.75, 3.05) is 6.61 Å². The molecule has 0 aliphatic carbocycles. The Morgan fingerprint density at radius 1 is 0.833 bits per heavy atom. The van der Waals surface area contributed by atoms with E-state index in [1.807, 2.05) is 0 Å². The van der Waals surface area contributed by atoms with Gasteiger partial charge in [-0.3, -0.25) is 0 Å². The molecule has 0 aliphatic rings.